The molecule has 0 unspecified atom stereocenters. The number of benzene rings is 1. The topological polar surface area (TPSA) is 93.4 Å². The van der Waals surface area contributed by atoms with Gasteiger partial charge < -0.3 is 20.7 Å². The molecule has 3 N–H and O–H groups in total. The van der Waals surface area contributed by atoms with E-state index in [9.17, 15) is 4.79 Å². The zero-order valence-electron chi connectivity index (χ0n) is 16.0. The molecule has 0 bridgehead atoms. The number of hydrogen-bond donors (Lipinski definition) is 2. The molecule has 27 heavy (non-hydrogen) atoms. The van der Waals surface area contributed by atoms with Gasteiger partial charge in [0.2, 0.25) is 0 Å². The Morgan fingerprint density at radius 1 is 1.19 bits per heavy atom. The molecule has 8 heteroatoms. The molecule has 2 aromatic rings. The van der Waals surface area contributed by atoms with Crippen LogP contribution in [-0.2, 0) is 6.42 Å². The van der Waals surface area contributed by atoms with Crippen molar-refractivity contribution in [1.82, 2.24) is 14.9 Å². The first-order valence-electron chi connectivity index (χ1n) is 9.06. The number of likely N-dealkylation sites (N-methyl/N-ethyl adjacent to an activating group) is 1. The average molecular weight is 392 g/mol. The number of halogens is 1. The van der Waals surface area contributed by atoms with Crippen LogP contribution in [-0.4, -0.2) is 47.0 Å². The van der Waals surface area contributed by atoms with E-state index in [0.29, 0.717) is 18.7 Å². The van der Waals surface area contributed by atoms with E-state index in [1.54, 1.807) is 0 Å². The fourth-order valence-electron chi connectivity index (χ4n) is 2.54. The molecular weight excluding hydrogens is 366 g/mol. The summed E-state index contributed by atoms with van der Waals surface area (Å²) in [5.41, 5.74) is 6.75. The maximum absolute atomic E-state index is 11.7. The lowest BCUT2D eigenvalue weighted by Crippen LogP contribution is -2.27. The molecule has 0 radical (unpaired) electrons. The number of carbonyl (C=O) groups is 1. The van der Waals surface area contributed by atoms with Gasteiger partial charge in [0.05, 0.1) is 5.69 Å². The number of anilines is 2. The van der Waals surface area contributed by atoms with Gasteiger partial charge in [0.25, 0.3) is 5.91 Å². The SMILES string of the molecule is CCc1nc(C(N)=O)c(Nc2ccc(OCCN(CC)CC)cc2)nc1Cl. The number of rotatable bonds is 10. The van der Waals surface area contributed by atoms with Gasteiger partial charge in [-0.3, -0.25) is 4.79 Å². The number of carbonyl (C=O) groups excluding carboxylic acids is 1. The number of nitrogens with two attached hydrogens (primary N) is 1. The number of primary amides is 1. The molecule has 1 aromatic heterocycles. The summed E-state index contributed by atoms with van der Waals surface area (Å²) in [5.74, 6) is 0.348. The number of aryl methyl sites for hydroxylation is 1. The van der Waals surface area contributed by atoms with Crippen molar-refractivity contribution in [1.29, 1.82) is 0 Å². The van der Waals surface area contributed by atoms with E-state index in [2.05, 4.69) is 34.0 Å². The van der Waals surface area contributed by atoms with Crippen molar-refractivity contribution in [2.24, 2.45) is 5.73 Å². The van der Waals surface area contributed by atoms with Gasteiger partial charge >= 0.3 is 0 Å². The number of nitrogens with one attached hydrogen (secondary N) is 1. The Morgan fingerprint density at radius 2 is 1.85 bits per heavy atom. The van der Waals surface area contributed by atoms with E-state index in [-0.39, 0.29) is 16.7 Å². The van der Waals surface area contributed by atoms with Gasteiger partial charge in [0, 0.05) is 12.2 Å². The lowest BCUT2D eigenvalue weighted by Gasteiger charge is -2.18. The van der Waals surface area contributed by atoms with E-state index < -0.39 is 5.91 Å². The number of ether oxygens (including phenoxy) is 1. The minimum Gasteiger partial charge on any atom is -0.492 e. The minimum atomic E-state index is -0.660. The van der Waals surface area contributed by atoms with Crippen LogP contribution in [0.15, 0.2) is 24.3 Å². The predicted octanol–water partition coefficient (Wildman–Crippen LogP) is 3.26. The van der Waals surface area contributed by atoms with Crippen LogP contribution in [0.1, 0.15) is 37.0 Å². The molecule has 0 saturated heterocycles. The second-order valence-electron chi connectivity index (χ2n) is 5.90. The molecule has 0 fully saturated rings. The molecule has 2 rings (SSSR count). The number of aromatic nitrogens is 2. The number of nitrogens with zero attached hydrogens (tertiary/aromatic N) is 3. The van der Waals surface area contributed by atoms with Crippen LogP contribution < -0.4 is 15.8 Å². The maximum Gasteiger partial charge on any atom is 0.271 e. The largest absolute Gasteiger partial charge is 0.492 e. The molecule has 1 amide bonds. The second kappa shape index (κ2) is 10.1. The van der Waals surface area contributed by atoms with Gasteiger partial charge in [-0.15, -0.1) is 0 Å². The van der Waals surface area contributed by atoms with Gasteiger partial charge in [0.1, 0.15) is 12.4 Å². The van der Waals surface area contributed by atoms with Crippen LogP contribution in [0, 0.1) is 0 Å². The molecule has 1 heterocycles. The second-order valence-corrected chi connectivity index (χ2v) is 6.26. The Bertz CT molecular complexity index is 763. The molecule has 146 valence electrons. The van der Waals surface area contributed by atoms with Gasteiger partial charge in [-0.2, -0.15) is 0 Å². The summed E-state index contributed by atoms with van der Waals surface area (Å²) in [6.07, 6.45) is 0.561. The van der Waals surface area contributed by atoms with Crippen LogP contribution in [0.4, 0.5) is 11.5 Å². The zero-order chi connectivity index (χ0) is 19.8. The third kappa shape index (κ3) is 5.80. The summed E-state index contributed by atoms with van der Waals surface area (Å²) in [5, 5.41) is 3.29. The fourth-order valence-corrected chi connectivity index (χ4v) is 2.80. The van der Waals surface area contributed by atoms with Crippen molar-refractivity contribution in [2.45, 2.75) is 27.2 Å². The maximum atomic E-state index is 11.7. The Balaban J connectivity index is 2.06. The van der Waals surface area contributed by atoms with Crippen LogP contribution in [0.5, 0.6) is 5.75 Å². The Morgan fingerprint density at radius 3 is 2.41 bits per heavy atom. The van der Waals surface area contributed by atoms with Crippen molar-refractivity contribution in [2.75, 3.05) is 31.6 Å². The lowest BCUT2D eigenvalue weighted by atomic mass is 10.2. The average Bonchev–Trinajstić information content (AvgIpc) is 2.66. The highest BCUT2D eigenvalue weighted by molar-refractivity contribution is 6.30. The lowest BCUT2D eigenvalue weighted by molar-refractivity contribution is 0.0996. The molecule has 0 aliphatic rings. The van der Waals surface area contributed by atoms with E-state index in [0.717, 1.165) is 31.1 Å². The van der Waals surface area contributed by atoms with Crippen LogP contribution in [0.3, 0.4) is 0 Å². The minimum absolute atomic E-state index is 0.0656. The Kier molecular flexibility index (Phi) is 7.82. The molecule has 0 saturated carbocycles. The van der Waals surface area contributed by atoms with Crippen molar-refractivity contribution in [3.05, 3.63) is 40.8 Å². The van der Waals surface area contributed by atoms with Crippen LogP contribution in [0.25, 0.3) is 0 Å². The highest BCUT2D eigenvalue weighted by atomic mass is 35.5. The summed E-state index contributed by atoms with van der Waals surface area (Å²) in [6, 6.07) is 7.37. The van der Waals surface area contributed by atoms with Crippen molar-refractivity contribution < 1.29 is 9.53 Å². The highest BCUT2D eigenvalue weighted by Gasteiger charge is 2.16. The highest BCUT2D eigenvalue weighted by Crippen LogP contribution is 2.23. The molecule has 0 spiro atoms. The van der Waals surface area contributed by atoms with Crippen LogP contribution >= 0.6 is 11.6 Å². The predicted molar refractivity (Wildman–Crippen MR) is 108 cm³/mol. The first-order chi connectivity index (χ1) is 13.0. The van der Waals surface area contributed by atoms with E-state index in [1.807, 2.05) is 31.2 Å². The molecule has 1 aromatic carbocycles. The third-order valence-corrected chi connectivity index (χ3v) is 4.48. The number of hydrogen-bond acceptors (Lipinski definition) is 6. The molecular formula is C19H26ClN5O2. The first-order valence-corrected chi connectivity index (χ1v) is 9.44. The zero-order valence-corrected chi connectivity index (χ0v) is 16.7. The van der Waals surface area contributed by atoms with E-state index >= 15 is 0 Å². The number of amides is 1. The Labute approximate surface area is 164 Å². The van der Waals surface area contributed by atoms with Crippen molar-refractivity contribution in [3.63, 3.8) is 0 Å². The molecule has 7 nitrogen and oxygen atoms in total. The van der Waals surface area contributed by atoms with Crippen LogP contribution in [0.2, 0.25) is 5.15 Å². The summed E-state index contributed by atoms with van der Waals surface area (Å²) in [6.45, 7) is 9.66. The third-order valence-electron chi connectivity index (χ3n) is 4.18. The van der Waals surface area contributed by atoms with E-state index in [4.69, 9.17) is 22.1 Å². The molecule has 0 aliphatic carbocycles. The standard InChI is InChI=1S/C19H26ClN5O2/c1-4-15-17(20)24-19(16(23-15)18(21)26)22-13-7-9-14(10-8-13)27-12-11-25(5-2)6-3/h7-10H,4-6,11-12H2,1-3H3,(H2,21,26)(H,22,24). The van der Waals surface area contributed by atoms with Gasteiger partial charge in [0.15, 0.2) is 16.7 Å². The smallest absolute Gasteiger partial charge is 0.271 e. The fraction of sp³-hybridized carbons (Fsp3) is 0.421. The van der Waals surface area contributed by atoms with Crippen molar-refractivity contribution >= 4 is 29.0 Å². The van der Waals surface area contributed by atoms with E-state index in [1.165, 1.54) is 0 Å². The first kappa shape index (κ1) is 20.9. The van der Waals surface area contributed by atoms with Gasteiger partial charge in [-0.1, -0.05) is 32.4 Å². The summed E-state index contributed by atoms with van der Waals surface area (Å²) >= 11 is 6.11. The van der Waals surface area contributed by atoms with Gasteiger partial charge in [-0.05, 0) is 43.8 Å². The summed E-state index contributed by atoms with van der Waals surface area (Å²) in [4.78, 5) is 22.4. The summed E-state index contributed by atoms with van der Waals surface area (Å²) < 4.78 is 5.76. The molecule has 0 atom stereocenters. The summed E-state index contributed by atoms with van der Waals surface area (Å²) in [7, 11) is 0. The Hall–Kier alpha value is -2.38. The quantitative estimate of drug-likeness (QED) is 0.645. The monoisotopic (exact) mass is 391 g/mol. The van der Waals surface area contributed by atoms with Gasteiger partial charge in [-0.25, -0.2) is 9.97 Å². The van der Waals surface area contributed by atoms with Crippen molar-refractivity contribution in [3.8, 4) is 5.75 Å². The normalized spacial score (nSPS) is 10.9. The molecule has 0 aliphatic heterocycles.